The van der Waals surface area contributed by atoms with Crippen LogP contribution in [0.3, 0.4) is 0 Å². The summed E-state index contributed by atoms with van der Waals surface area (Å²) in [6.07, 6.45) is 1.03. The molecule has 1 saturated carbocycles. The fourth-order valence-electron chi connectivity index (χ4n) is 5.35. The predicted molar refractivity (Wildman–Crippen MR) is 144 cm³/mol. The van der Waals surface area contributed by atoms with E-state index in [4.69, 9.17) is 32.7 Å². The van der Waals surface area contributed by atoms with E-state index in [9.17, 15) is 24.9 Å². The molecular weight excluding hydrogens is 547 g/mol. The number of hydrogen-bond acceptors (Lipinski definition) is 7. The van der Waals surface area contributed by atoms with Crippen LogP contribution in [-0.4, -0.2) is 70.5 Å². The number of nitrogens with zero attached hydrogens (tertiary/aromatic N) is 1. The molecule has 208 valence electrons. The average molecular weight is 577 g/mol. The molecule has 1 aliphatic heterocycles. The molecule has 1 fully saturated rings. The van der Waals surface area contributed by atoms with Gasteiger partial charge in [-0.1, -0.05) is 29.3 Å². The average Bonchev–Trinajstić information content (AvgIpc) is 3.72. The third-order valence-electron chi connectivity index (χ3n) is 7.40. The Balaban J connectivity index is 1.59. The van der Waals surface area contributed by atoms with Crippen molar-refractivity contribution in [1.82, 2.24) is 10.2 Å². The Morgan fingerprint density at radius 1 is 1.13 bits per heavy atom. The van der Waals surface area contributed by atoms with Crippen LogP contribution >= 0.6 is 23.2 Å². The molecule has 4 N–H and O–H groups in total. The topological polar surface area (TPSA) is 129 Å². The Labute approximate surface area is 235 Å². The van der Waals surface area contributed by atoms with Gasteiger partial charge >= 0.3 is 0 Å². The molecular formula is C28H30Cl2N2O7. The van der Waals surface area contributed by atoms with Gasteiger partial charge in [0.2, 0.25) is 11.8 Å². The van der Waals surface area contributed by atoms with E-state index in [-0.39, 0.29) is 38.1 Å². The first-order chi connectivity index (χ1) is 18.8. The van der Waals surface area contributed by atoms with Gasteiger partial charge in [-0.25, -0.2) is 0 Å². The Kier molecular flexibility index (Phi) is 8.07. The third-order valence-corrected chi connectivity index (χ3v) is 8.14. The van der Waals surface area contributed by atoms with Crippen LogP contribution in [0.15, 0.2) is 42.0 Å². The molecule has 0 bridgehead atoms. The minimum absolute atomic E-state index is 0.0302. The molecule has 0 radical (unpaired) electrons. The zero-order valence-corrected chi connectivity index (χ0v) is 22.8. The van der Waals surface area contributed by atoms with E-state index in [1.54, 1.807) is 41.3 Å². The van der Waals surface area contributed by atoms with Crippen molar-refractivity contribution >= 4 is 35.0 Å². The minimum Gasteiger partial charge on any atom is -0.493 e. The number of aliphatic hydroxyl groups is 3. The molecule has 11 heteroatoms. The molecule has 0 saturated heterocycles. The summed E-state index contributed by atoms with van der Waals surface area (Å²) in [5.74, 6) is -0.694. The van der Waals surface area contributed by atoms with E-state index in [0.717, 1.165) is 18.4 Å². The fraction of sp³-hybridized carbons (Fsp3) is 0.429. The summed E-state index contributed by atoms with van der Waals surface area (Å²) in [7, 11) is 1.47. The Bertz CT molecular complexity index is 1310. The van der Waals surface area contributed by atoms with Crippen molar-refractivity contribution in [2.75, 3.05) is 20.3 Å². The van der Waals surface area contributed by atoms with Gasteiger partial charge in [-0.05, 0) is 54.3 Å². The number of carbonyl (C=O) groups is 2. The van der Waals surface area contributed by atoms with Crippen molar-refractivity contribution in [3.05, 3.63) is 68.7 Å². The molecule has 0 aromatic heterocycles. The monoisotopic (exact) mass is 576 g/mol. The summed E-state index contributed by atoms with van der Waals surface area (Å²) in [4.78, 5) is 28.5. The van der Waals surface area contributed by atoms with Crippen molar-refractivity contribution in [2.24, 2.45) is 5.92 Å². The van der Waals surface area contributed by atoms with Crippen LogP contribution in [0.4, 0.5) is 0 Å². The standard InChI is InChI=1S/C28H30Cl2N2O7/c1-38-22-10-15(13-34)8-17-23-18(27(36)31-6-7-33)11-21(24(35)26(23)39-25(17)22)32(28(37)16-3-4-16)12-14-2-5-19(29)20(30)9-14/h2,5,8-11,16,21,23-24,26,33-35H,3-4,6-7,12-13H2,1H3,(H,31,36)/t21-,23+,24+,26+/m1/s1. The summed E-state index contributed by atoms with van der Waals surface area (Å²) in [5.41, 5.74) is 2.17. The highest BCUT2D eigenvalue weighted by Gasteiger charge is 2.52. The van der Waals surface area contributed by atoms with Gasteiger partial charge in [0.25, 0.3) is 0 Å². The normalized spacial score (nSPS) is 23.3. The highest BCUT2D eigenvalue weighted by atomic mass is 35.5. The number of carbonyl (C=O) groups excluding carboxylic acids is 2. The molecule has 2 aliphatic carbocycles. The van der Waals surface area contributed by atoms with E-state index in [2.05, 4.69) is 5.32 Å². The summed E-state index contributed by atoms with van der Waals surface area (Å²) < 4.78 is 11.7. The molecule has 1 heterocycles. The molecule has 2 amide bonds. The van der Waals surface area contributed by atoms with Gasteiger partial charge in [0.05, 0.1) is 42.3 Å². The number of benzene rings is 2. The summed E-state index contributed by atoms with van der Waals surface area (Å²) >= 11 is 12.3. The summed E-state index contributed by atoms with van der Waals surface area (Å²) in [6.45, 7) is -0.339. The Morgan fingerprint density at radius 3 is 2.54 bits per heavy atom. The number of hydrogen-bond donors (Lipinski definition) is 4. The maximum absolute atomic E-state index is 13.6. The second-order valence-corrected chi connectivity index (χ2v) is 10.8. The van der Waals surface area contributed by atoms with E-state index in [0.29, 0.717) is 38.2 Å². The molecule has 9 nitrogen and oxygen atoms in total. The van der Waals surface area contributed by atoms with Gasteiger partial charge in [-0.3, -0.25) is 9.59 Å². The molecule has 5 rings (SSSR count). The third kappa shape index (κ3) is 5.34. The van der Waals surface area contributed by atoms with Crippen LogP contribution in [0.1, 0.15) is 35.4 Å². The second-order valence-electron chi connectivity index (χ2n) is 10.0. The van der Waals surface area contributed by atoms with Crippen molar-refractivity contribution in [2.45, 2.75) is 50.2 Å². The number of ether oxygens (including phenoxy) is 2. The largest absolute Gasteiger partial charge is 0.493 e. The summed E-state index contributed by atoms with van der Waals surface area (Å²) in [6, 6.07) is 7.57. The predicted octanol–water partition coefficient (Wildman–Crippen LogP) is 2.56. The number of aliphatic hydroxyl groups excluding tert-OH is 3. The molecule has 2 aromatic rings. The molecule has 39 heavy (non-hydrogen) atoms. The number of amides is 2. The highest BCUT2D eigenvalue weighted by molar-refractivity contribution is 6.42. The van der Waals surface area contributed by atoms with Crippen LogP contribution < -0.4 is 14.8 Å². The maximum atomic E-state index is 13.6. The van der Waals surface area contributed by atoms with Gasteiger partial charge in [0.1, 0.15) is 12.2 Å². The van der Waals surface area contributed by atoms with Gasteiger partial charge in [-0.2, -0.15) is 0 Å². The van der Waals surface area contributed by atoms with Crippen LogP contribution in [0.2, 0.25) is 10.0 Å². The summed E-state index contributed by atoms with van der Waals surface area (Å²) in [5, 5.41) is 34.2. The van der Waals surface area contributed by atoms with Crippen LogP contribution in [-0.2, 0) is 22.7 Å². The Hall–Kier alpha value is -2.82. The maximum Gasteiger partial charge on any atom is 0.247 e. The first kappa shape index (κ1) is 27.7. The number of fused-ring (bicyclic) bond motifs is 3. The van der Waals surface area contributed by atoms with Gasteiger partial charge in [0.15, 0.2) is 11.5 Å². The lowest BCUT2D eigenvalue weighted by molar-refractivity contribution is -0.139. The van der Waals surface area contributed by atoms with Crippen LogP contribution in [0.5, 0.6) is 11.5 Å². The number of rotatable bonds is 9. The van der Waals surface area contributed by atoms with E-state index < -0.39 is 30.1 Å². The molecule has 0 unspecified atom stereocenters. The molecule has 2 aromatic carbocycles. The number of methoxy groups -OCH3 is 1. The lowest BCUT2D eigenvalue weighted by atomic mass is 9.77. The van der Waals surface area contributed by atoms with Crippen LogP contribution in [0.25, 0.3) is 0 Å². The SMILES string of the molecule is COc1cc(CO)cc2c1O[C@@H]1[C@@H](O)[C@H](N(Cc3ccc(Cl)c(Cl)c3)C(=O)C3CC3)C=C(C(=O)NCCO)[C@H]21. The van der Waals surface area contributed by atoms with Crippen molar-refractivity contribution < 1.29 is 34.4 Å². The van der Waals surface area contributed by atoms with Gasteiger partial charge in [-0.15, -0.1) is 0 Å². The van der Waals surface area contributed by atoms with Crippen molar-refractivity contribution in [3.63, 3.8) is 0 Å². The highest BCUT2D eigenvalue weighted by Crippen LogP contribution is 2.51. The first-order valence-corrected chi connectivity index (χ1v) is 13.5. The van der Waals surface area contributed by atoms with Crippen molar-refractivity contribution in [3.8, 4) is 11.5 Å². The van der Waals surface area contributed by atoms with E-state index >= 15 is 0 Å². The zero-order chi connectivity index (χ0) is 27.8. The first-order valence-electron chi connectivity index (χ1n) is 12.8. The minimum atomic E-state index is -1.19. The fourth-order valence-corrected chi connectivity index (χ4v) is 5.67. The van der Waals surface area contributed by atoms with Crippen LogP contribution in [0, 0.1) is 5.92 Å². The van der Waals surface area contributed by atoms with E-state index in [1.165, 1.54) is 7.11 Å². The van der Waals surface area contributed by atoms with Gasteiger partial charge < -0.3 is 35.0 Å². The van der Waals surface area contributed by atoms with Gasteiger partial charge in [0, 0.05) is 30.1 Å². The number of nitrogens with one attached hydrogen (secondary N) is 1. The lowest BCUT2D eigenvalue weighted by Crippen LogP contribution is -2.55. The molecule has 4 atom stereocenters. The van der Waals surface area contributed by atoms with E-state index in [1.807, 2.05) is 0 Å². The molecule has 3 aliphatic rings. The number of halogens is 2. The second kappa shape index (κ2) is 11.3. The Morgan fingerprint density at radius 2 is 1.90 bits per heavy atom. The smallest absolute Gasteiger partial charge is 0.247 e. The zero-order valence-electron chi connectivity index (χ0n) is 21.3. The molecule has 0 spiro atoms. The van der Waals surface area contributed by atoms with Crippen molar-refractivity contribution in [1.29, 1.82) is 0 Å². The quantitative estimate of drug-likeness (QED) is 0.361. The lowest BCUT2D eigenvalue weighted by Gasteiger charge is -2.41.